The van der Waals surface area contributed by atoms with Gasteiger partial charge in [0.2, 0.25) is 0 Å². The van der Waals surface area contributed by atoms with Crippen LogP contribution >= 0.6 is 0 Å². The van der Waals surface area contributed by atoms with Crippen molar-refractivity contribution < 1.29 is 4.42 Å². The third-order valence-corrected chi connectivity index (χ3v) is 7.40. The summed E-state index contributed by atoms with van der Waals surface area (Å²) in [6.45, 7) is 3.92. The molecule has 190 valence electrons. The van der Waals surface area contributed by atoms with E-state index in [1.54, 1.807) is 18.4 Å². The van der Waals surface area contributed by atoms with Crippen LogP contribution < -0.4 is 11.2 Å². The van der Waals surface area contributed by atoms with Crippen LogP contribution in [0.25, 0.3) is 22.1 Å². The van der Waals surface area contributed by atoms with Gasteiger partial charge in [0.15, 0.2) is 5.65 Å². The van der Waals surface area contributed by atoms with Crippen LogP contribution in [0.1, 0.15) is 30.8 Å². The van der Waals surface area contributed by atoms with Gasteiger partial charge in [0.05, 0.1) is 23.7 Å². The number of pyridine rings is 1. The number of imidazole rings is 1. The van der Waals surface area contributed by atoms with E-state index in [0.717, 1.165) is 68.1 Å². The van der Waals surface area contributed by atoms with Gasteiger partial charge in [0.1, 0.15) is 17.1 Å². The van der Waals surface area contributed by atoms with Gasteiger partial charge in [-0.1, -0.05) is 12.1 Å². The number of hydrogen-bond donors (Lipinski definition) is 1. The number of hydrogen-bond acceptors (Lipinski definition) is 6. The molecule has 1 saturated heterocycles. The smallest absolute Gasteiger partial charge is 0.328 e. The highest BCUT2D eigenvalue weighted by Gasteiger charge is 2.23. The van der Waals surface area contributed by atoms with E-state index in [4.69, 9.17) is 9.40 Å². The van der Waals surface area contributed by atoms with E-state index in [1.807, 2.05) is 42.6 Å². The number of fused-ring (bicyclic) bond motifs is 2. The average Bonchev–Trinajstić information content (AvgIpc) is 3.55. The molecule has 0 bridgehead atoms. The first-order valence-electron chi connectivity index (χ1n) is 12.9. The molecule has 9 nitrogen and oxygen atoms in total. The highest BCUT2D eigenvalue weighted by Crippen LogP contribution is 2.24. The second-order valence-corrected chi connectivity index (χ2v) is 9.81. The number of rotatable bonds is 8. The first-order chi connectivity index (χ1) is 18.2. The second-order valence-electron chi connectivity index (χ2n) is 9.81. The van der Waals surface area contributed by atoms with Gasteiger partial charge < -0.3 is 18.9 Å². The fraction of sp³-hybridized carbons (Fsp3) is 0.357. The highest BCUT2D eigenvalue weighted by molar-refractivity contribution is 5.76. The summed E-state index contributed by atoms with van der Waals surface area (Å²) in [5, 5.41) is 0.552. The van der Waals surface area contributed by atoms with Crippen LogP contribution in [0.15, 0.2) is 75.0 Å². The van der Waals surface area contributed by atoms with Gasteiger partial charge >= 0.3 is 5.69 Å². The summed E-state index contributed by atoms with van der Waals surface area (Å²) < 4.78 is 9.10. The van der Waals surface area contributed by atoms with Crippen molar-refractivity contribution in [2.75, 3.05) is 19.6 Å². The van der Waals surface area contributed by atoms with Crippen molar-refractivity contribution in [3.8, 4) is 0 Å². The van der Waals surface area contributed by atoms with Crippen molar-refractivity contribution in [1.82, 2.24) is 29.0 Å². The van der Waals surface area contributed by atoms with Crippen molar-refractivity contribution in [2.24, 2.45) is 5.92 Å². The summed E-state index contributed by atoms with van der Waals surface area (Å²) in [5.41, 5.74) is 1.84. The molecule has 4 aromatic heterocycles. The van der Waals surface area contributed by atoms with Gasteiger partial charge in [0.25, 0.3) is 5.56 Å². The van der Waals surface area contributed by atoms with Crippen molar-refractivity contribution >= 4 is 22.1 Å². The van der Waals surface area contributed by atoms with Crippen molar-refractivity contribution in [1.29, 1.82) is 0 Å². The molecule has 5 aromatic rings. The number of para-hydroxylation sites is 1. The molecule has 0 aliphatic carbocycles. The minimum atomic E-state index is -0.339. The molecule has 0 amide bonds. The Hall–Kier alpha value is -3.98. The summed E-state index contributed by atoms with van der Waals surface area (Å²) in [6, 6.07) is 15.0. The lowest BCUT2D eigenvalue weighted by Crippen LogP contribution is -2.38. The van der Waals surface area contributed by atoms with E-state index in [9.17, 15) is 9.59 Å². The number of aromatic amines is 1. The standard InChI is InChI=1S/C28H30N6O3/c35-27-22-7-1-2-8-23(22)31-28(36)33(27)14-5-13-32-15-10-20(11-16-32)18-25-30-24-9-3-12-29-26(24)34(25)19-21-6-4-17-37-21/h1-4,6-9,12,17,20H,5,10-11,13-16,18-19H2,(H,31,36). The molecule has 37 heavy (non-hydrogen) atoms. The molecule has 0 saturated carbocycles. The summed E-state index contributed by atoms with van der Waals surface area (Å²) in [6.07, 6.45) is 7.36. The summed E-state index contributed by atoms with van der Waals surface area (Å²) in [7, 11) is 0. The van der Waals surface area contributed by atoms with Gasteiger partial charge in [-0.2, -0.15) is 0 Å². The Balaban J connectivity index is 1.06. The van der Waals surface area contributed by atoms with Crippen LogP contribution in [0.5, 0.6) is 0 Å². The summed E-state index contributed by atoms with van der Waals surface area (Å²) in [4.78, 5) is 39.9. The number of nitrogens with zero attached hydrogens (tertiary/aromatic N) is 5. The second kappa shape index (κ2) is 10.2. The number of piperidine rings is 1. The van der Waals surface area contributed by atoms with Gasteiger partial charge in [-0.05, 0) is 81.2 Å². The molecule has 1 aromatic carbocycles. The molecule has 6 rings (SSSR count). The Labute approximate surface area is 213 Å². The molecule has 1 aliphatic heterocycles. The van der Waals surface area contributed by atoms with Crippen molar-refractivity contribution in [3.63, 3.8) is 0 Å². The van der Waals surface area contributed by atoms with Crippen molar-refractivity contribution in [3.05, 3.63) is 93.4 Å². The van der Waals surface area contributed by atoms with Crippen LogP contribution in [0.4, 0.5) is 0 Å². The lowest BCUT2D eigenvalue weighted by Gasteiger charge is -2.31. The van der Waals surface area contributed by atoms with Gasteiger partial charge in [-0.25, -0.2) is 14.8 Å². The fourth-order valence-corrected chi connectivity index (χ4v) is 5.41. The Bertz CT molecular complexity index is 1620. The molecule has 1 aliphatic rings. The fourth-order valence-electron chi connectivity index (χ4n) is 5.41. The molecule has 0 unspecified atom stereocenters. The number of nitrogens with one attached hydrogen (secondary N) is 1. The van der Waals surface area contributed by atoms with E-state index in [2.05, 4.69) is 19.4 Å². The maximum absolute atomic E-state index is 12.8. The molecular weight excluding hydrogens is 468 g/mol. The molecule has 1 fully saturated rings. The quantitative estimate of drug-likeness (QED) is 0.352. The third-order valence-electron chi connectivity index (χ3n) is 7.40. The zero-order chi connectivity index (χ0) is 25.2. The Kier molecular flexibility index (Phi) is 6.44. The predicted molar refractivity (Wildman–Crippen MR) is 142 cm³/mol. The largest absolute Gasteiger partial charge is 0.467 e. The predicted octanol–water partition coefficient (Wildman–Crippen LogP) is 3.42. The van der Waals surface area contributed by atoms with E-state index in [1.165, 1.54) is 4.57 Å². The maximum Gasteiger partial charge on any atom is 0.328 e. The highest BCUT2D eigenvalue weighted by atomic mass is 16.3. The molecule has 5 heterocycles. The number of aromatic nitrogens is 5. The third kappa shape index (κ3) is 4.86. The van der Waals surface area contributed by atoms with Crippen LogP contribution in [0.3, 0.4) is 0 Å². The molecule has 0 radical (unpaired) electrons. The van der Waals surface area contributed by atoms with Crippen LogP contribution in [-0.2, 0) is 19.5 Å². The van der Waals surface area contributed by atoms with Crippen LogP contribution in [0.2, 0.25) is 0 Å². The van der Waals surface area contributed by atoms with Gasteiger partial charge in [-0.15, -0.1) is 0 Å². The van der Waals surface area contributed by atoms with Crippen LogP contribution in [-0.4, -0.2) is 48.6 Å². The monoisotopic (exact) mass is 498 g/mol. The molecule has 0 atom stereocenters. The van der Waals surface area contributed by atoms with Crippen molar-refractivity contribution in [2.45, 2.75) is 38.8 Å². The number of likely N-dealkylation sites (tertiary alicyclic amines) is 1. The van der Waals surface area contributed by atoms with Gasteiger partial charge in [0, 0.05) is 19.2 Å². The number of furan rings is 1. The van der Waals surface area contributed by atoms with E-state index in [0.29, 0.717) is 29.9 Å². The Morgan fingerprint density at radius 3 is 2.68 bits per heavy atom. The molecule has 0 spiro atoms. The lowest BCUT2D eigenvalue weighted by molar-refractivity contribution is 0.178. The first-order valence-corrected chi connectivity index (χ1v) is 12.9. The zero-order valence-corrected chi connectivity index (χ0v) is 20.7. The minimum Gasteiger partial charge on any atom is -0.467 e. The average molecular weight is 499 g/mol. The zero-order valence-electron chi connectivity index (χ0n) is 20.7. The number of benzene rings is 1. The normalized spacial score (nSPS) is 15.1. The van der Waals surface area contributed by atoms with Crippen LogP contribution in [0, 0.1) is 5.92 Å². The number of H-pyrrole nitrogens is 1. The van der Waals surface area contributed by atoms with Gasteiger partial charge in [-0.3, -0.25) is 9.36 Å². The topological polar surface area (TPSA) is 102 Å². The summed E-state index contributed by atoms with van der Waals surface area (Å²) >= 11 is 0. The molecular formula is C28H30N6O3. The summed E-state index contributed by atoms with van der Waals surface area (Å²) in [5.74, 6) is 2.50. The van der Waals surface area contributed by atoms with E-state index < -0.39 is 0 Å². The molecule has 9 heteroatoms. The lowest BCUT2D eigenvalue weighted by atomic mass is 9.93. The maximum atomic E-state index is 12.8. The van der Waals surface area contributed by atoms with E-state index >= 15 is 0 Å². The van der Waals surface area contributed by atoms with E-state index in [-0.39, 0.29) is 11.2 Å². The Morgan fingerprint density at radius 1 is 0.973 bits per heavy atom. The SMILES string of the molecule is O=c1[nH]c2ccccc2c(=O)n1CCCN1CCC(Cc2nc3cccnc3n2Cc2ccco2)CC1. The first kappa shape index (κ1) is 23.4. The Morgan fingerprint density at radius 2 is 1.84 bits per heavy atom. The molecule has 1 N–H and O–H groups in total. The minimum absolute atomic E-state index is 0.218.